The number of para-hydroxylation sites is 1. The summed E-state index contributed by atoms with van der Waals surface area (Å²) < 4.78 is 18.9. The maximum Gasteiger partial charge on any atom is 0.349 e. The molecule has 2 aliphatic rings. The average molecular weight is 382 g/mol. The molecule has 4 heterocycles. The highest BCUT2D eigenvalue weighted by atomic mass is 16.6. The van der Waals surface area contributed by atoms with E-state index in [4.69, 9.17) is 13.9 Å². The van der Waals surface area contributed by atoms with E-state index in [0.29, 0.717) is 37.3 Å². The number of likely N-dealkylation sites (tertiary alicyclic amines) is 1. The molecule has 3 aromatic rings. The van der Waals surface area contributed by atoms with Gasteiger partial charge >= 0.3 is 5.63 Å². The zero-order valence-electron chi connectivity index (χ0n) is 14.9. The van der Waals surface area contributed by atoms with Gasteiger partial charge in [0.2, 0.25) is 0 Å². The number of aromatic nitrogens is 3. The summed E-state index contributed by atoms with van der Waals surface area (Å²) in [5, 5.41) is 4.84. The summed E-state index contributed by atoms with van der Waals surface area (Å²) in [5.74, 6) is -0.368. The summed E-state index contributed by atoms with van der Waals surface area (Å²) in [7, 11) is 0. The Bertz CT molecular complexity index is 1050. The van der Waals surface area contributed by atoms with Gasteiger partial charge in [-0.15, -0.1) is 0 Å². The van der Waals surface area contributed by atoms with Crippen molar-refractivity contribution in [3.63, 3.8) is 0 Å². The fourth-order valence-corrected chi connectivity index (χ4v) is 3.69. The van der Waals surface area contributed by atoms with Crippen molar-refractivity contribution in [2.75, 3.05) is 26.3 Å². The Labute approximate surface area is 159 Å². The van der Waals surface area contributed by atoms with Gasteiger partial charge < -0.3 is 18.8 Å². The molecule has 28 heavy (non-hydrogen) atoms. The van der Waals surface area contributed by atoms with E-state index in [2.05, 4.69) is 10.1 Å². The summed E-state index contributed by atoms with van der Waals surface area (Å²) in [6, 6.07) is 8.65. The summed E-state index contributed by atoms with van der Waals surface area (Å²) in [4.78, 5) is 30.7. The monoisotopic (exact) mass is 382 g/mol. The quantitative estimate of drug-likeness (QED) is 0.606. The number of carbonyl (C=O) groups is 1. The number of hydrogen-bond acceptors (Lipinski definition) is 7. The molecule has 0 unspecified atom stereocenters. The molecule has 0 spiro atoms. The second-order valence-corrected chi connectivity index (χ2v) is 6.97. The number of fused-ring (bicyclic) bond motifs is 2. The molecule has 144 valence electrons. The molecule has 0 bridgehead atoms. The van der Waals surface area contributed by atoms with Gasteiger partial charge in [0.15, 0.2) is 0 Å². The molecule has 2 fully saturated rings. The van der Waals surface area contributed by atoms with Gasteiger partial charge in [-0.05, 0) is 12.1 Å². The number of benzene rings is 1. The molecule has 2 aromatic heterocycles. The number of nitrogens with zero attached hydrogens (tertiary/aromatic N) is 4. The van der Waals surface area contributed by atoms with E-state index in [0.717, 1.165) is 0 Å². The van der Waals surface area contributed by atoms with Crippen LogP contribution in [0.25, 0.3) is 11.0 Å². The van der Waals surface area contributed by atoms with Crippen molar-refractivity contribution in [3.8, 4) is 0 Å². The lowest BCUT2D eigenvalue weighted by atomic mass is 10.1. The Balaban J connectivity index is 1.32. The Morgan fingerprint density at radius 3 is 2.57 bits per heavy atom. The molecule has 2 saturated heterocycles. The van der Waals surface area contributed by atoms with Gasteiger partial charge in [0, 0.05) is 18.5 Å². The summed E-state index contributed by atoms with van der Waals surface area (Å²) in [6.45, 7) is 1.56. The van der Waals surface area contributed by atoms with Crippen LogP contribution in [0.15, 0.2) is 52.2 Å². The molecule has 0 radical (unpaired) electrons. The van der Waals surface area contributed by atoms with E-state index in [-0.39, 0.29) is 29.7 Å². The molecule has 0 saturated carbocycles. The SMILES string of the molecule is O=C(c1cc2ccccc2oc1=O)N1C[C@@H]2OCC(n3cncn3)CO[C@H]2C1. The van der Waals surface area contributed by atoms with E-state index in [1.165, 1.54) is 6.33 Å². The van der Waals surface area contributed by atoms with Crippen molar-refractivity contribution in [1.29, 1.82) is 0 Å². The first-order valence-corrected chi connectivity index (χ1v) is 9.08. The van der Waals surface area contributed by atoms with Crippen LogP contribution in [-0.2, 0) is 9.47 Å². The van der Waals surface area contributed by atoms with E-state index >= 15 is 0 Å². The summed E-state index contributed by atoms with van der Waals surface area (Å²) >= 11 is 0. The van der Waals surface area contributed by atoms with Gasteiger partial charge in [0.05, 0.1) is 13.2 Å². The van der Waals surface area contributed by atoms with Crippen molar-refractivity contribution < 1.29 is 18.7 Å². The minimum absolute atomic E-state index is 0.0238. The maximum atomic E-state index is 12.9. The van der Waals surface area contributed by atoms with Crippen molar-refractivity contribution in [2.45, 2.75) is 18.2 Å². The van der Waals surface area contributed by atoms with E-state index in [9.17, 15) is 9.59 Å². The Morgan fingerprint density at radius 2 is 1.86 bits per heavy atom. The highest BCUT2D eigenvalue weighted by molar-refractivity contribution is 5.96. The first-order chi connectivity index (χ1) is 13.7. The smallest absolute Gasteiger partial charge is 0.349 e. The van der Waals surface area contributed by atoms with Gasteiger partial charge in [-0.1, -0.05) is 18.2 Å². The van der Waals surface area contributed by atoms with Gasteiger partial charge in [-0.3, -0.25) is 4.79 Å². The van der Waals surface area contributed by atoms with Crippen molar-refractivity contribution in [2.24, 2.45) is 0 Å². The lowest BCUT2D eigenvalue weighted by molar-refractivity contribution is -0.00461. The van der Waals surface area contributed by atoms with Gasteiger partial charge in [0.1, 0.15) is 42.1 Å². The molecular formula is C19H18N4O5. The molecule has 0 aliphatic carbocycles. The van der Waals surface area contributed by atoms with Crippen LogP contribution in [0.3, 0.4) is 0 Å². The van der Waals surface area contributed by atoms with Crippen molar-refractivity contribution in [3.05, 3.63) is 59.0 Å². The molecule has 1 aromatic carbocycles. The highest BCUT2D eigenvalue weighted by Gasteiger charge is 2.40. The van der Waals surface area contributed by atoms with E-state index in [1.54, 1.807) is 40.2 Å². The van der Waals surface area contributed by atoms with Crippen LogP contribution >= 0.6 is 0 Å². The third-order valence-electron chi connectivity index (χ3n) is 5.19. The largest absolute Gasteiger partial charge is 0.422 e. The molecule has 2 atom stereocenters. The molecule has 1 amide bonds. The van der Waals surface area contributed by atoms with Crippen LogP contribution in [0.2, 0.25) is 0 Å². The van der Waals surface area contributed by atoms with Crippen LogP contribution < -0.4 is 5.63 Å². The minimum Gasteiger partial charge on any atom is -0.422 e. The Morgan fingerprint density at radius 1 is 1.11 bits per heavy atom. The number of carbonyl (C=O) groups excluding carboxylic acids is 1. The summed E-state index contributed by atoms with van der Waals surface area (Å²) in [5.41, 5.74) is -0.152. The fourth-order valence-electron chi connectivity index (χ4n) is 3.69. The van der Waals surface area contributed by atoms with Gasteiger partial charge in [-0.2, -0.15) is 5.10 Å². The van der Waals surface area contributed by atoms with E-state index in [1.807, 2.05) is 6.07 Å². The predicted molar refractivity (Wildman–Crippen MR) is 96.9 cm³/mol. The Hall–Kier alpha value is -3.04. The number of ether oxygens (including phenoxy) is 2. The van der Waals surface area contributed by atoms with Gasteiger partial charge in [0.25, 0.3) is 5.91 Å². The second-order valence-electron chi connectivity index (χ2n) is 6.97. The molecule has 5 rings (SSSR count). The summed E-state index contributed by atoms with van der Waals surface area (Å²) in [6.07, 6.45) is 2.61. The predicted octanol–water partition coefficient (Wildman–Crippen LogP) is 0.866. The average Bonchev–Trinajstić information content (AvgIpc) is 3.34. The fraction of sp³-hybridized carbons (Fsp3) is 0.368. The zero-order chi connectivity index (χ0) is 19.1. The number of amides is 1. The van der Waals surface area contributed by atoms with Crippen molar-refractivity contribution >= 4 is 16.9 Å². The second kappa shape index (κ2) is 6.84. The zero-order valence-corrected chi connectivity index (χ0v) is 14.9. The normalized spacial score (nSPS) is 22.9. The molecule has 9 nitrogen and oxygen atoms in total. The molecule has 2 aliphatic heterocycles. The third kappa shape index (κ3) is 2.98. The first-order valence-electron chi connectivity index (χ1n) is 9.08. The van der Waals surface area contributed by atoms with E-state index < -0.39 is 5.63 Å². The lowest BCUT2D eigenvalue weighted by Gasteiger charge is -2.18. The van der Waals surface area contributed by atoms with Crippen LogP contribution in [0.5, 0.6) is 0 Å². The standard InChI is InChI=1S/C19H18N4O5/c24-18(14-5-12-3-1-2-4-15(12)28-19(14)25)22-6-16-17(7-22)27-9-13(8-26-16)23-11-20-10-21-23/h1-5,10-11,13,16-17H,6-9H2/t16-,17-/m0/s1. The maximum absolute atomic E-state index is 12.9. The van der Waals surface area contributed by atoms with Crippen LogP contribution in [0, 0.1) is 0 Å². The number of rotatable bonds is 2. The Kier molecular flexibility index (Phi) is 4.18. The highest BCUT2D eigenvalue weighted by Crippen LogP contribution is 2.25. The van der Waals surface area contributed by atoms with Crippen LogP contribution in [0.1, 0.15) is 16.4 Å². The lowest BCUT2D eigenvalue weighted by Crippen LogP contribution is -2.34. The van der Waals surface area contributed by atoms with Gasteiger partial charge in [-0.25, -0.2) is 14.5 Å². The minimum atomic E-state index is -0.635. The van der Waals surface area contributed by atoms with Crippen molar-refractivity contribution in [1.82, 2.24) is 19.7 Å². The number of hydrogen-bond donors (Lipinski definition) is 0. The molecule has 0 N–H and O–H groups in total. The van der Waals surface area contributed by atoms with Crippen LogP contribution in [-0.4, -0.2) is 64.1 Å². The topological polar surface area (TPSA) is 99.7 Å². The third-order valence-corrected chi connectivity index (χ3v) is 5.19. The first kappa shape index (κ1) is 17.1. The molecular weight excluding hydrogens is 364 g/mol. The molecule has 9 heteroatoms. The van der Waals surface area contributed by atoms with Crippen LogP contribution in [0.4, 0.5) is 0 Å².